The summed E-state index contributed by atoms with van der Waals surface area (Å²) < 4.78 is 0. The average Bonchev–Trinajstić information content (AvgIpc) is 1.82. The molecule has 0 spiro atoms. The van der Waals surface area contributed by atoms with Gasteiger partial charge in [-0.15, -0.1) is 0 Å². The highest BCUT2D eigenvalue weighted by molar-refractivity contribution is 5.80. The molecular formula is C8H15NO2. The topological polar surface area (TPSA) is 63.3 Å². The largest absolute Gasteiger partial charge is 0.480 e. The van der Waals surface area contributed by atoms with Crippen molar-refractivity contribution in [1.82, 2.24) is 0 Å². The molecule has 2 atom stereocenters. The molecule has 3 heteroatoms. The zero-order valence-electron chi connectivity index (χ0n) is 7.00. The Morgan fingerprint density at radius 3 is 2.36 bits per heavy atom. The quantitative estimate of drug-likeness (QED) is 0.624. The Bertz CT molecular complexity index is 179. The number of hydrogen-bond acceptors (Lipinski definition) is 2. The monoisotopic (exact) mass is 157 g/mol. The molecule has 64 valence electrons. The minimum atomic E-state index is -0.922. The molecule has 3 N–H and O–H groups in total. The second-order valence-electron chi connectivity index (χ2n) is 3.73. The second-order valence-corrected chi connectivity index (χ2v) is 3.73. The Labute approximate surface area is 66.6 Å². The van der Waals surface area contributed by atoms with Gasteiger partial charge in [-0.1, -0.05) is 13.8 Å². The van der Waals surface area contributed by atoms with E-state index in [2.05, 4.69) is 0 Å². The number of carboxylic acids is 1. The summed E-state index contributed by atoms with van der Waals surface area (Å²) in [6.07, 6.45) is 1.59. The van der Waals surface area contributed by atoms with Gasteiger partial charge >= 0.3 is 5.97 Å². The third kappa shape index (κ3) is 1.13. The van der Waals surface area contributed by atoms with Crippen molar-refractivity contribution in [1.29, 1.82) is 0 Å². The Hall–Kier alpha value is -0.570. The van der Waals surface area contributed by atoms with Gasteiger partial charge in [0.25, 0.3) is 0 Å². The van der Waals surface area contributed by atoms with Crippen LogP contribution in [0.15, 0.2) is 0 Å². The minimum absolute atomic E-state index is 0.167. The van der Waals surface area contributed by atoms with Crippen LogP contribution in [0.4, 0.5) is 0 Å². The van der Waals surface area contributed by atoms with E-state index in [1.54, 1.807) is 0 Å². The van der Waals surface area contributed by atoms with Crippen LogP contribution in [0.5, 0.6) is 0 Å². The van der Waals surface area contributed by atoms with E-state index in [1.165, 1.54) is 0 Å². The van der Waals surface area contributed by atoms with E-state index in [4.69, 9.17) is 10.8 Å². The van der Waals surface area contributed by atoms with E-state index in [9.17, 15) is 4.79 Å². The summed E-state index contributed by atoms with van der Waals surface area (Å²) in [5.41, 5.74) is 4.77. The molecular weight excluding hydrogens is 142 g/mol. The van der Waals surface area contributed by atoms with Gasteiger partial charge < -0.3 is 10.8 Å². The van der Waals surface area contributed by atoms with Crippen LogP contribution in [0.2, 0.25) is 0 Å². The van der Waals surface area contributed by atoms with Crippen molar-refractivity contribution in [2.24, 2.45) is 17.6 Å². The van der Waals surface area contributed by atoms with Crippen LogP contribution >= 0.6 is 0 Å². The third-order valence-corrected chi connectivity index (χ3v) is 2.73. The number of aliphatic carboxylic acids is 1. The van der Waals surface area contributed by atoms with Gasteiger partial charge in [0.1, 0.15) is 5.54 Å². The first-order valence-electron chi connectivity index (χ1n) is 4.00. The van der Waals surface area contributed by atoms with E-state index < -0.39 is 11.5 Å². The van der Waals surface area contributed by atoms with Crippen molar-refractivity contribution in [2.75, 3.05) is 0 Å². The average molecular weight is 157 g/mol. The maximum atomic E-state index is 10.7. The zero-order chi connectivity index (χ0) is 8.65. The van der Waals surface area contributed by atoms with Gasteiger partial charge in [0, 0.05) is 0 Å². The van der Waals surface area contributed by atoms with Gasteiger partial charge in [0.05, 0.1) is 0 Å². The van der Waals surface area contributed by atoms with Crippen molar-refractivity contribution in [3.8, 4) is 0 Å². The Balaban J connectivity index is 2.67. The first kappa shape index (κ1) is 8.53. The first-order valence-corrected chi connectivity index (χ1v) is 4.00. The van der Waals surface area contributed by atoms with Crippen LogP contribution in [0.1, 0.15) is 26.7 Å². The molecule has 1 aliphatic carbocycles. The fraction of sp³-hybridized carbons (Fsp3) is 0.875. The molecule has 3 nitrogen and oxygen atoms in total. The van der Waals surface area contributed by atoms with E-state index in [1.807, 2.05) is 13.8 Å². The summed E-state index contributed by atoms with van der Waals surface area (Å²) in [7, 11) is 0. The molecule has 1 aliphatic rings. The molecule has 0 aromatic heterocycles. The molecule has 0 aliphatic heterocycles. The number of hydrogen-bond donors (Lipinski definition) is 2. The van der Waals surface area contributed by atoms with Gasteiger partial charge in [0.2, 0.25) is 0 Å². The lowest BCUT2D eigenvalue weighted by Crippen LogP contribution is -2.62. The summed E-state index contributed by atoms with van der Waals surface area (Å²) >= 11 is 0. The molecule has 11 heavy (non-hydrogen) atoms. The Kier molecular flexibility index (Phi) is 1.92. The molecule has 0 heterocycles. The lowest BCUT2D eigenvalue weighted by atomic mass is 9.62. The van der Waals surface area contributed by atoms with Crippen molar-refractivity contribution < 1.29 is 9.90 Å². The van der Waals surface area contributed by atoms with Crippen LogP contribution in [-0.4, -0.2) is 16.6 Å². The summed E-state index contributed by atoms with van der Waals surface area (Å²) in [5, 5.41) is 8.79. The van der Waals surface area contributed by atoms with Crippen LogP contribution in [0, 0.1) is 11.8 Å². The molecule has 0 saturated heterocycles. The SMILES string of the molecule is CC(C)C1CCC1(N)C(=O)O. The standard InChI is InChI=1S/C8H15NO2/c1-5(2)6-3-4-8(6,9)7(10)11/h5-6H,3-4,9H2,1-2H3,(H,10,11). The lowest BCUT2D eigenvalue weighted by molar-refractivity contribution is -0.152. The van der Waals surface area contributed by atoms with Crippen molar-refractivity contribution >= 4 is 5.97 Å². The molecule has 1 saturated carbocycles. The van der Waals surface area contributed by atoms with Gasteiger partial charge in [-0.25, -0.2) is 0 Å². The summed E-state index contributed by atoms with van der Waals surface area (Å²) in [5.74, 6) is -0.299. The predicted molar refractivity (Wildman–Crippen MR) is 42.1 cm³/mol. The number of nitrogens with two attached hydrogens (primary N) is 1. The maximum Gasteiger partial charge on any atom is 0.323 e. The van der Waals surface area contributed by atoms with Crippen LogP contribution < -0.4 is 5.73 Å². The number of carbonyl (C=O) groups is 1. The fourth-order valence-corrected chi connectivity index (χ4v) is 1.82. The minimum Gasteiger partial charge on any atom is -0.480 e. The van der Waals surface area contributed by atoms with Gasteiger partial charge in [-0.2, -0.15) is 0 Å². The molecule has 0 radical (unpaired) electrons. The molecule has 1 fully saturated rings. The molecule has 0 aromatic rings. The number of rotatable bonds is 2. The van der Waals surface area contributed by atoms with Crippen molar-refractivity contribution in [3.05, 3.63) is 0 Å². The van der Waals surface area contributed by atoms with E-state index >= 15 is 0 Å². The van der Waals surface area contributed by atoms with E-state index in [0.29, 0.717) is 12.3 Å². The normalized spacial score (nSPS) is 36.9. The lowest BCUT2D eigenvalue weighted by Gasteiger charge is -2.45. The Morgan fingerprint density at radius 2 is 2.27 bits per heavy atom. The van der Waals surface area contributed by atoms with Crippen LogP contribution in [-0.2, 0) is 4.79 Å². The summed E-state index contributed by atoms with van der Waals surface area (Å²) in [6.45, 7) is 4.04. The third-order valence-electron chi connectivity index (χ3n) is 2.73. The molecule has 2 unspecified atom stereocenters. The van der Waals surface area contributed by atoms with Gasteiger partial charge in [0.15, 0.2) is 0 Å². The van der Waals surface area contributed by atoms with Crippen LogP contribution in [0.25, 0.3) is 0 Å². The molecule has 0 amide bonds. The fourth-order valence-electron chi connectivity index (χ4n) is 1.82. The first-order chi connectivity index (χ1) is 4.98. The summed E-state index contributed by atoms with van der Waals surface area (Å²) in [6, 6.07) is 0. The van der Waals surface area contributed by atoms with Gasteiger partial charge in [-0.05, 0) is 24.7 Å². The maximum absolute atomic E-state index is 10.7. The van der Waals surface area contributed by atoms with E-state index in [-0.39, 0.29) is 5.92 Å². The second kappa shape index (κ2) is 2.48. The van der Waals surface area contributed by atoms with Crippen molar-refractivity contribution in [2.45, 2.75) is 32.2 Å². The van der Waals surface area contributed by atoms with Crippen LogP contribution in [0.3, 0.4) is 0 Å². The Morgan fingerprint density at radius 1 is 1.73 bits per heavy atom. The highest BCUT2D eigenvalue weighted by Gasteiger charge is 2.50. The zero-order valence-corrected chi connectivity index (χ0v) is 7.00. The van der Waals surface area contributed by atoms with E-state index in [0.717, 1.165) is 6.42 Å². The van der Waals surface area contributed by atoms with Gasteiger partial charge in [-0.3, -0.25) is 4.79 Å². The number of carboxylic acid groups (broad SMARTS) is 1. The van der Waals surface area contributed by atoms with Crippen molar-refractivity contribution in [3.63, 3.8) is 0 Å². The smallest absolute Gasteiger partial charge is 0.323 e. The molecule has 0 aromatic carbocycles. The highest BCUT2D eigenvalue weighted by Crippen LogP contribution is 2.41. The highest BCUT2D eigenvalue weighted by atomic mass is 16.4. The molecule has 0 bridgehead atoms. The summed E-state index contributed by atoms with van der Waals surface area (Å²) in [4.78, 5) is 10.7. The molecule has 1 rings (SSSR count). The predicted octanol–water partition coefficient (Wildman–Crippen LogP) is 0.834.